The Labute approximate surface area is 130 Å². The van der Waals surface area contributed by atoms with E-state index in [2.05, 4.69) is 20.3 Å². The first-order valence-corrected chi connectivity index (χ1v) is 6.79. The van der Waals surface area contributed by atoms with Gasteiger partial charge in [0.25, 0.3) is 5.91 Å². The highest BCUT2D eigenvalue weighted by Gasteiger charge is 2.15. The van der Waals surface area contributed by atoms with Crippen molar-refractivity contribution in [3.05, 3.63) is 60.4 Å². The minimum Gasteiger partial charge on any atom is -0.481 e. The molecule has 0 spiro atoms. The minimum atomic E-state index is -0.534. The molecule has 0 saturated carbocycles. The highest BCUT2D eigenvalue weighted by atomic mass is 19.1. The molecule has 6 nitrogen and oxygen atoms in total. The molecule has 1 amide bonds. The summed E-state index contributed by atoms with van der Waals surface area (Å²) in [5, 5.41) is 9.95. The first kappa shape index (κ1) is 14.7. The fourth-order valence-corrected chi connectivity index (χ4v) is 1.93. The van der Waals surface area contributed by atoms with Crippen LogP contribution in [0.15, 0.2) is 59.2 Å². The van der Waals surface area contributed by atoms with Gasteiger partial charge in [-0.15, -0.1) is 0 Å². The van der Waals surface area contributed by atoms with Crippen LogP contribution < -0.4 is 10.1 Å². The monoisotopic (exact) mass is 313 g/mol. The van der Waals surface area contributed by atoms with Gasteiger partial charge in [-0.3, -0.25) is 4.79 Å². The van der Waals surface area contributed by atoms with E-state index < -0.39 is 11.7 Å². The molecule has 0 atom stereocenters. The maximum atomic E-state index is 13.4. The number of rotatable bonds is 5. The lowest BCUT2D eigenvalue weighted by atomic mass is 10.1. The van der Waals surface area contributed by atoms with Gasteiger partial charge >= 0.3 is 0 Å². The number of hydrogen-bond donors (Lipinski definition) is 1. The van der Waals surface area contributed by atoms with E-state index >= 15 is 0 Å². The lowest BCUT2D eigenvalue weighted by Gasteiger charge is -2.06. The second kappa shape index (κ2) is 6.69. The third-order valence-corrected chi connectivity index (χ3v) is 2.99. The van der Waals surface area contributed by atoms with E-state index in [-0.39, 0.29) is 18.2 Å². The maximum Gasteiger partial charge on any atom is 0.263 e. The number of carbonyl (C=O) groups is 1. The van der Waals surface area contributed by atoms with Crippen LogP contribution in [-0.4, -0.2) is 22.8 Å². The molecule has 0 aliphatic carbocycles. The highest BCUT2D eigenvalue weighted by molar-refractivity contribution is 5.94. The van der Waals surface area contributed by atoms with E-state index in [0.717, 1.165) is 5.56 Å². The van der Waals surface area contributed by atoms with Gasteiger partial charge in [-0.05, 0) is 22.4 Å². The average molecular weight is 313 g/mol. The number of halogens is 1. The zero-order valence-electron chi connectivity index (χ0n) is 11.9. The maximum absolute atomic E-state index is 13.4. The Kier molecular flexibility index (Phi) is 4.28. The Morgan fingerprint density at radius 1 is 1.09 bits per heavy atom. The van der Waals surface area contributed by atoms with Crippen molar-refractivity contribution in [2.45, 2.75) is 0 Å². The first-order chi connectivity index (χ1) is 11.2. The fourth-order valence-electron chi connectivity index (χ4n) is 1.93. The number of ether oxygens (including phenoxy) is 1. The van der Waals surface area contributed by atoms with Crippen molar-refractivity contribution in [1.29, 1.82) is 0 Å². The summed E-state index contributed by atoms with van der Waals surface area (Å²) in [6.45, 7) is -0.359. The van der Waals surface area contributed by atoms with Gasteiger partial charge in [-0.2, -0.15) is 0 Å². The number of amides is 1. The van der Waals surface area contributed by atoms with Crippen LogP contribution in [0, 0.1) is 5.82 Å². The molecule has 0 bridgehead atoms. The van der Waals surface area contributed by atoms with Crippen LogP contribution in [0.25, 0.3) is 11.3 Å². The largest absolute Gasteiger partial charge is 0.481 e. The molecule has 0 radical (unpaired) electrons. The van der Waals surface area contributed by atoms with Crippen LogP contribution in [0.5, 0.6) is 5.75 Å². The second-order valence-corrected chi connectivity index (χ2v) is 4.59. The molecule has 1 aromatic heterocycles. The van der Waals surface area contributed by atoms with Crippen molar-refractivity contribution in [2.24, 2.45) is 0 Å². The zero-order valence-corrected chi connectivity index (χ0v) is 11.9. The van der Waals surface area contributed by atoms with E-state index in [1.54, 1.807) is 6.07 Å². The SMILES string of the molecule is O=C(COc1ccccc1F)Nc1nonc1-c1ccccc1. The smallest absolute Gasteiger partial charge is 0.263 e. The molecular weight excluding hydrogens is 301 g/mol. The Hall–Kier alpha value is -3.22. The van der Waals surface area contributed by atoms with Crippen LogP contribution in [0.4, 0.5) is 10.2 Å². The van der Waals surface area contributed by atoms with E-state index in [4.69, 9.17) is 4.74 Å². The molecule has 7 heteroatoms. The Balaban J connectivity index is 1.65. The molecule has 3 aromatic rings. The molecule has 0 saturated heterocycles. The second-order valence-electron chi connectivity index (χ2n) is 4.59. The topological polar surface area (TPSA) is 77.2 Å². The summed E-state index contributed by atoms with van der Waals surface area (Å²) >= 11 is 0. The molecule has 2 aromatic carbocycles. The lowest BCUT2D eigenvalue weighted by molar-refractivity contribution is -0.118. The molecule has 1 N–H and O–H groups in total. The van der Waals surface area contributed by atoms with Gasteiger partial charge in [-0.25, -0.2) is 9.02 Å². The highest BCUT2D eigenvalue weighted by Crippen LogP contribution is 2.23. The van der Waals surface area contributed by atoms with Crippen molar-refractivity contribution in [3.63, 3.8) is 0 Å². The van der Waals surface area contributed by atoms with Gasteiger partial charge in [0.05, 0.1) is 0 Å². The quantitative estimate of drug-likeness (QED) is 0.783. The van der Waals surface area contributed by atoms with Crippen molar-refractivity contribution >= 4 is 11.7 Å². The minimum absolute atomic E-state index is 0.00390. The van der Waals surface area contributed by atoms with Gasteiger partial charge in [0.1, 0.15) is 0 Å². The van der Waals surface area contributed by atoms with Gasteiger partial charge in [0, 0.05) is 5.56 Å². The Bertz CT molecular complexity index is 805. The molecule has 0 aliphatic heterocycles. The molecule has 116 valence electrons. The number of benzene rings is 2. The number of carbonyl (C=O) groups excluding carboxylic acids is 1. The first-order valence-electron chi connectivity index (χ1n) is 6.79. The van der Waals surface area contributed by atoms with E-state index in [9.17, 15) is 9.18 Å². The molecular formula is C16H12FN3O3. The Morgan fingerprint density at radius 3 is 2.61 bits per heavy atom. The fraction of sp³-hybridized carbons (Fsp3) is 0.0625. The van der Waals surface area contributed by atoms with E-state index in [0.29, 0.717) is 5.69 Å². The summed E-state index contributed by atoms with van der Waals surface area (Å²) in [5.41, 5.74) is 1.16. The van der Waals surface area contributed by atoms with Gasteiger partial charge in [-0.1, -0.05) is 42.5 Å². The third-order valence-electron chi connectivity index (χ3n) is 2.99. The molecule has 3 rings (SSSR count). The van der Waals surface area contributed by atoms with Gasteiger partial charge in [0.2, 0.25) is 5.82 Å². The summed E-state index contributed by atoms with van der Waals surface area (Å²) in [7, 11) is 0. The van der Waals surface area contributed by atoms with Crippen molar-refractivity contribution in [2.75, 3.05) is 11.9 Å². The van der Waals surface area contributed by atoms with Crippen LogP contribution in [0.1, 0.15) is 0 Å². The predicted octanol–water partition coefficient (Wildman–Crippen LogP) is 2.89. The van der Waals surface area contributed by atoms with Crippen molar-refractivity contribution < 1.29 is 18.6 Å². The standard InChI is InChI=1S/C16H12FN3O3/c17-12-8-4-5-9-13(12)22-10-14(21)18-16-15(19-23-20-16)11-6-2-1-3-7-11/h1-9H,10H2,(H,18,20,21). The number of anilines is 1. The van der Waals surface area contributed by atoms with Crippen LogP contribution in [-0.2, 0) is 4.79 Å². The summed E-state index contributed by atoms with van der Waals surface area (Å²) in [5.74, 6) is -0.850. The van der Waals surface area contributed by atoms with Crippen molar-refractivity contribution in [3.8, 4) is 17.0 Å². The van der Waals surface area contributed by atoms with Gasteiger partial charge in [0.15, 0.2) is 23.9 Å². The summed E-state index contributed by atoms with van der Waals surface area (Å²) < 4.78 is 23.2. The number of aromatic nitrogens is 2. The molecule has 1 heterocycles. The van der Waals surface area contributed by atoms with E-state index in [1.165, 1.54) is 18.2 Å². The molecule has 0 fully saturated rings. The molecule has 0 unspecified atom stereocenters. The lowest BCUT2D eigenvalue weighted by Crippen LogP contribution is -2.21. The Morgan fingerprint density at radius 2 is 1.83 bits per heavy atom. The van der Waals surface area contributed by atoms with E-state index in [1.807, 2.05) is 30.3 Å². The number of nitrogens with one attached hydrogen (secondary N) is 1. The number of nitrogens with zero attached hydrogens (tertiary/aromatic N) is 2. The summed E-state index contributed by atoms with van der Waals surface area (Å²) in [6.07, 6.45) is 0. The number of hydrogen-bond acceptors (Lipinski definition) is 5. The molecule has 23 heavy (non-hydrogen) atoms. The van der Waals surface area contributed by atoms with Crippen LogP contribution >= 0.6 is 0 Å². The number of para-hydroxylation sites is 1. The summed E-state index contributed by atoms with van der Waals surface area (Å²) in [4.78, 5) is 11.9. The van der Waals surface area contributed by atoms with Crippen LogP contribution in [0.2, 0.25) is 0 Å². The predicted molar refractivity (Wildman–Crippen MR) is 80.3 cm³/mol. The third kappa shape index (κ3) is 3.52. The van der Waals surface area contributed by atoms with Crippen molar-refractivity contribution in [1.82, 2.24) is 10.3 Å². The zero-order chi connectivity index (χ0) is 16.1. The normalized spacial score (nSPS) is 10.3. The molecule has 0 aliphatic rings. The summed E-state index contributed by atoms with van der Waals surface area (Å²) in [6, 6.07) is 15.0. The van der Waals surface area contributed by atoms with Crippen LogP contribution in [0.3, 0.4) is 0 Å². The average Bonchev–Trinajstić information content (AvgIpc) is 3.03. The van der Waals surface area contributed by atoms with Gasteiger partial charge < -0.3 is 10.1 Å².